The Balaban J connectivity index is 1.76. The summed E-state index contributed by atoms with van der Waals surface area (Å²) in [6.07, 6.45) is 3.73. The standard InChI is InChI=1S/C24H23ClN4/c1-17-23(19-10-12-20(25)13-11-19)24-26-21(18-8-4-2-5-9-18)16-22(29(24)27-17)28-14-6-3-7-15-28/h2,4-5,8-13,16H,3,6-7,14-15H2,1H3. The predicted octanol–water partition coefficient (Wildman–Crippen LogP) is 6.02. The van der Waals surface area contributed by atoms with Crippen LogP contribution in [0.5, 0.6) is 0 Å². The van der Waals surface area contributed by atoms with E-state index in [1.165, 1.54) is 19.3 Å². The van der Waals surface area contributed by atoms with Gasteiger partial charge in [-0.3, -0.25) is 0 Å². The molecule has 29 heavy (non-hydrogen) atoms. The zero-order chi connectivity index (χ0) is 19.8. The molecule has 0 bridgehead atoms. The number of hydrogen-bond donors (Lipinski definition) is 0. The van der Waals surface area contributed by atoms with E-state index in [0.29, 0.717) is 0 Å². The van der Waals surface area contributed by atoms with Crippen molar-refractivity contribution in [2.45, 2.75) is 26.2 Å². The van der Waals surface area contributed by atoms with Crippen LogP contribution < -0.4 is 4.90 Å². The van der Waals surface area contributed by atoms with Crippen LogP contribution in [0.15, 0.2) is 60.7 Å². The van der Waals surface area contributed by atoms with Crippen molar-refractivity contribution in [3.05, 3.63) is 71.4 Å². The van der Waals surface area contributed by atoms with E-state index < -0.39 is 0 Å². The number of hydrogen-bond acceptors (Lipinski definition) is 3. The molecule has 4 aromatic rings. The third-order valence-corrected chi connectivity index (χ3v) is 5.88. The molecule has 0 radical (unpaired) electrons. The summed E-state index contributed by atoms with van der Waals surface area (Å²) in [5, 5.41) is 5.63. The molecule has 1 saturated heterocycles. The summed E-state index contributed by atoms with van der Waals surface area (Å²) in [4.78, 5) is 7.51. The van der Waals surface area contributed by atoms with Crippen LogP contribution in [0.2, 0.25) is 5.02 Å². The van der Waals surface area contributed by atoms with Gasteiger partial charge in [-0.05, 0) is 43.9 Å². The Kier molecular flexibility index (Phi) is 4.72. The van der Waals surface area contributed by atoms with Gasteiger partial charge < -0.3 is 4.90 Å². The van der Waals surface area contributed by atoms with Crippen LogP contribution >= 0.6 is 11.6 Å². The second-order valence-corrected chi connectivity index (χ2v) is 8.05. The number of fused-ring (bicyclic) bond motifs is 1. The lowest BCUT2D eigenvalue weighted by Crippen LogP contribution is -2.31. The Bertz CT molecular complexity index is 1140. The summed E-state index contributed by atoms with van der Waals surface area (Å²) in [6, 6.07) is 20.5. The van der Waals surface area contributed by atoms with Gasteiger partial charge in [0.2, 0.25) is 0 Å². The van der Waals surface area contributed by atoms with Gasteiger partial charge in [-0.2, -0.15) is 9.61 Å². The topological polar surface area (TPSA) is 33.4 Å². The van der Waals surface area contributed by atoms with Crippen LogP contribution in [-0.4, -0.2) is 27.7 Å². The van der Waals surface area contributed by atoms with Gasteiger partial charge in [-0.25, -0.2) is 4.98 Å². The van der Waals surface area contributed by atoms with Gasteiger partial charge >= 0.3 is 0 Å². The number of nitrogens with zero attached hydrogens (tertiary/aromatic N) is 4. The molecule has 2 aromatic carbocycles. The van der Waals surface area contributed by atoms with Gasteiger partial charge in [0.15, 0.2) is 5.65 Å². The molecular formula is C24H23ClN4. The molecule has 0 saturated carbocycles. The Morgan fingerprint density at radius 2 is 1.59 bits per heavy atom. The highest BCUT2D eigenvalue weighted by Gasteiger charge is 2.21. The lowest BCUT2D eigenvalue weighted by molar-refractivity contribution is 0.568. The summed E-state index contributed by atoms with van der Waals surface area (Å²) in [6.45, 7) is 4.17. The van der Waals surface area contributed by atoms with E-state index in [1.54, 1.807) is 0 Å². The quantitative estimate of drug-likeness (QED) is 0.420. The first-order chi connectivity index (χ1) is 14.2. The molecule has 146 valence electrons. The highest BCUT2D eigenvalue weighted by molar-refractivity contribution is 6.30. The number of rotatable bonds is 3. The minimum absolute atomic E-state index is 0.731. The highest BCUT2D eigenvalue weighted by Crippen LogP contribution is 2.33. The number of anilines is 1. The normalized spacial score (nSPS) is 14.5. The lowest BCUT2D eigenvalue weighted by atomic mass is 10.1. The van der Waals surface area contributed by atoms with Crippen LogP contribution in [-0.2, 0) is 0 Å². The molecule has 0 aliphatic carbocycles. The molecule has 0 N–H and O–H groups in total. The molecule has 1 fully saturated rings. The second-order valence-electron chi connectivity index (χ2n) is 7.62. The van der Waals surface area contributed by atoms with Gasteiger partial charge in [-0.1, -0.05) is 54.1 Å². The SMILES string of the molecule is Cc1nn2c(N3CCCCC3)cc(-c3ccccc3)nc2c1-c1ccc(Cl)cc1. The first-order valence-electron chi connectivity index (χ1n) is 10.2. The fourth-order valence-corrected chi connectivity index (χ4v) is 4.29. The van der Waals surface area contributed by atoms with E-state index in [4.69, 9.17) is 21.7 Å². The van der Waals surface area contributed by atoms with Crippen LogP contribution in [0.4, 0.5) is 5.82 Å². The summed E-state index contributed by atoms with van der Waals surface area (Å²) in [5.41, 5.74) is 6.12. The summed E-state index contributed by atoms with van der Waals surface area (Å²) in [7, 11) is 0. The third kappa shape index (κ3) is 3.38. The van der Waals surface area contributed by atoms with E-state index in [9.17, 15) is 0 Å². The molecule has 1 aliphatic rings. The van der Waals surface area contributed by atoms with Crippen LogP contribution in [0.1, 0.15) is 25.0 Å². The molecule has 3 heterocycles. The van der Waals surface area contributed by atoms with E-state index in [2.05, 4.69) is 42.2 Å². The number of aryl methyl sites for hydroxylation is 1. The van der Waals surface area contributed by atoms with Gasteiger partial charge in [0, 0.05) is 35.3 Å². The largest absolute Gasteiger partial charge is 0.356 e. The minimum Gasteiger partial charge on any atom is -0.356 e. The molecule has 0 spiro atoms. The maximum atomic E-state index is 6.12. The highest BCUT2D eigenvalue weighted by atomic mass is 35.5. The first-order valence-corrected chi connectivity index (χ1v) is 10.6. The summed E-state index contributed by atoms with van der Waals surface area (Å²) < 4.78 is 2.02. The van der Waals surface area contributed by atoms with Gasteiger partial charge in [0.05, 0.1) is 11.4 Å². The van der Waals surface area contributed by atoms with Gasteiger partial charge in [-0.15, -0.1) is 0 Å². The maximum absolute atomic E-state index is 6.12. The fourth-order valence-electron chi connectivity index (χ4n) is 4.17. The molecule has 1 aliphatic heterocycles. The van der Waals surface area contributed by atoms with E-state index in [-0.39, 0.29) is 0 Å². The Morgan fingerprint density at radius 1 is 0.862 bits per heavy atom. The zero-order valence-electron chi connectivity index (χ0n) is 16.5. The van der Waals surface area contributed by atoms with Gasteiger partial charge in [0.1, 0.15) is 5.82 Å². The van der Waals surface area contributed by atoms with Crippen LogP contribution in [0, 0.1) is 6.92 Å². The Labute approximate surface area is 175 Å². The van der Waals surface area contributed by atoms with Crippen LogP contribution in [0.3, 0.4) is 0 Å². The van der Waals surface area contributed by atoms with E-state index >= 15 is 0 Å². The van der Waals surface area contributed by atoms with Crippen molar-refractivity contribution in [3.63, 3.8) is 0 Å². The third-order valence-electron chi connectivity index (χ3n) is 5.63. The van der Waals surface area contributed by atoms with Crippen molar-refractivity contribution in [1.29, 1.82) is 0 Å². The molecule has 2 aromatic heterocycles. The van der Waals surface area contributed by atoms with Crippen LogP contribution in [0.25, 0.3) is 28.0 Å². The number of benzene rings is 2. The van der Waals surface area contributed by atoms with Crippen molar-refractivity contribution in [1.82, 2.24) is 14.6 Å². The molecular weight excluding hydrogens is 380 g/mol. The summed E-state index contributed by atoms with van der Waals surface area (Å²) in [5.74, 6) is 1.12. The van der Waals surface area contributed by atoms with E-state index in [1.807, 2.05) is 34.8 Å². The Morgan fingerprint density at radius 3 is 2.31 bits per heavy atom. The minimum atomic E-state index is 0.731. The number of aromatic nitrogens is 3. The monoisotopic (exact) mass is 402 g/mol. The van der Waals surface area contributed by atoms with E-state index in [0.717, 1.165) is 57.7 Å². The fraction of sp³-hybridized carbons (Fsp3) is 0.250. The smallest absolute Gasteiger partial charge is 0.166 e. The maximum Gasteiger partial charge on any atom is 0.166 e. The van der Waals surface area contributed by atoms with Crippen molar-refractivity contribution < 1.29 is 0 Å². The molecule has 0 atom stereocenters. The lowest BCUT2D eigenvalue weighted by Gasteiger charge is -2.29. The molecule has 4 nitrogen and oxygen atoms in total. The Hall–Kier alpha value is -2.85. The second kappa shape index (κ2) is 7.53. The molecule has 5 rings (SSSR count). The first kappa shape index (κ1) is 18.2. The predicted molar refractivity (Wildman–Crippen MR) is 120 cm³/mol. The van der Waals surface area contributed by atoms with Gasteiger partial charge in [0.25, 0.3) is 0 Å². The average molecular weight is 403 g/mol. The van der Waals surface area contributed by atoms with Crippen molar-refractivity contribution in [2.24, 2.45) is 0 Å². The summed E-state index contributed by atoms with van der Waals surface area (Å²) >= 11 is 6.12. The van der Waals surface area contributed by atoms with Crippen molar-refractivity contribution in [3.8, 4) is 22.4 Å². The number of piperidine rings is 1. The van der Waals surface area contributed by atoms with Crippen molar-refractivity contribution in [2.75, 3.05) is 18.0 Å². The molecule has 0 amide bonds. The number of halogens is 1. The van der Waals surface area contributed by atoms with Crippen molar-refractivity contribution >= 4 is 23.1 Å². The molecule has 0 unspecified atom stereocenters. The average Bonchev–Trinajstić information content (AvgIpc) is 3.10. The zero-order valence-corrected chi connectivity index (χ0v) is 17.2. The molecule has 5 heteroatoms.